The number of ether oxygens (including phenoxy) is 3. The van der Waals surface area contributed by atoms with Crippen LogP contribution in [0.4, 0.5) is 4.79 Å². The molecule has 3 rings (SSSR count). The number of nitrogens with one attached hydrogen (secondary N) is 5. The van der Waals surface area contributed by atoms with Crippen molar-refractivity contribution >= 4 is 41.7 Å². The molecule has 16 heteroatoms. The number of hydrogen-bond donors (Lipinski definition) is 6. The molecule has 0 aliphatic heterocycles. The van der Waals surface area contributed by atoms with Crippen LogP contribution in [0.25, 0.3) is 0 Å². The maximum absolute atomic E-state index is 13.6. The van der Waals surface area contributed by atoms with Crippen LogP contribution < -0.4 is 31.3 Å². The molecule has 0 aliphatic carbocycles. The molecule has 16 nitrogen and oxygen atoms in total. The zero-order chi connectivity index (χ0) is 46.9. The van der Waals surface area contributed by atoms with Crippen molar-refractivity contribution in [2.45, 2.75) is 117 Å². The minimum atomic E-state index is -1.27. The molecule has 0 aliphatic rings. The van der Waals surface area contributed by atoms with Gasteiger partial charge in [-0.15, -0.1) is 0 Å². The Labute approximate surface area is 368 Å². The Hall–Kier alpha value is -6.89. The van der Waals surface area contributed by atoms with Gasteiger partial charge < -0.3 is 45.9 Å². The third kappa shape index (κ3) is 19.1. The van der Waals surface area contributed by atoms with Crippen LogP contribution in [0.2, 0.25) is 0 Å². The summed E-state index contributed by atoms with van der Waals surface area (Å²) in [4.78, 5) is 91.7. The van der Waals surface area contributed by atoms with Gasteiger partial charge in [0, 0.05) is 18.8 Å². The third-order valence-electron chi connectivity index (χ3n) is 8.57. The van der Waals surface area contributed by atoms with Crippen molar-refractivity contribution in [1.29, 1.82) is 0 Å². The predicted octanol–water partition coefficient (Wildman–Crippen LogP) is 4.01. The largest absolute Gasteiger partial charge is 0.508 e. The number of carbonyl (C=O) groups excluding carboxylic acids is 7. The molecule has 4 atom stereocenters. The smallest absolute Gasteiger partial charge is 0.408 e. The van der Waals surface area contributed by atoms with Crippen LogP contribution in [0, 0.1) is 17.8 Å². The van der Waals surface area contributed by atoms with Gasteiger partial charge in [0.25, 0.3) is 5.91 Å². The van der Waals surface area contributed by atoms with Gasteiger partial charge in [-0.05, 0) is 96.2 Å². The van der Waals surface area contributed by atoms with Crippen LogP contribution in [0.15, 0.2) is 78.9 Å². The first-order chi connectivity index (χ1) is 29.5. The van der Waals surface area contributed by atoms with Gasteiger partial charge in [0.2, 0.25) is 17.7 Å². The third-order valence-corrected chi connectivity index (χ3v) is 8.57. The standard InChI is InChI=1S/C47H59N5O11/c1-29(2)25-36(52-45(60)63-47(7,8)9)43(58)61-38-18-14-13-17-33(38)21-24-39(54)50-35(26-32-19-22-34(53)23-20-32)42(57)49-30(3)41(56)48-28-40(55)51-37(44(59)62-46(4,5)6)27-31-15-11-10-12-16-31/h10-20,22-23,29-30,35-37,53H,25-28H2,1-9H3,(H,48,56)(H,49,57)(H,50,54)(H,51,55)(H,52,60)/t30-,35+,36-,37+/m1/s1. The molecule has 3 aromatic carbocycles. The first-order valence-corrected chi connectivity index (χ1v) is 20.5. The van der Waals surface area contributed by atoms with Gasteiger partial charge in [-0.3, -0.25) is 19.2 Å². The van der Waals surface area contributed by atoms with Crippen molar-refractivity contribution in [3.05, 3.63) is 95.6 Å². The lowest BCUT2D eigenvalue weighted by Crippen LogP contribution is -2.54. The van der Waals surface area contributed by atoms with E-state index in [-0.39, 0.29) is 42.2 Å². The van der Waals surface area contributed by atoms with E-state index in [1.165, 1.54) is 31.2 Å². The molecular formula is C47H59N5O11. The summed E-state index contributed by atoms with van der Waals surface area (Å²) in [6.45, 7) is 14.8. The molecule has 0 fully saturated rings. The van der Waals surface area contributed by atoms with Crippen LogP contribution in [0.5, 0.6) is 11.5 Å². The van der Waals surface area contributed by atoms with Crippen molar-refractivity contribution in [2.75, 3.05) is 6.54 Å². The van der Waals surface area contributed by atoms with Gasteiger partial charge >= 0.3 is 18.0 Å². The molecule has 0 spiro atoms. The normalized spacial score (nSPS) is 13.0. The highest BCUT2D eigenvalue weighted by Crippen LogP contribution is 2.19. The zero-order valence-electron chi connectivity index (χ0n) is 37.3. The monoisotopic (exact) mass is 869 g/mol. The summed E-state index contributed by atoms with van der Waals surface area (Å²) in [5.41, 5.74) is -0.114. The van der Waals surface area contributed by atoms with E-state index in [4.69, 9.17) is 14.2 Å². The van der Waals surface area contributed by atoms with E-state index in [2.05, 4.69) is 38.4 Å². The van der Waals surface area contributed by atoms with Gasteiger partial charge in [0.05, 0.1) is 12.1 Å². The number of benzene rings is 3. The summed E-state index contributed by atoms with van der Waals surface area (Å²) >= 11 is 0. The molecule has 6 N–H and O–H groups in total. The number of aromatic hydroxyl groups is 1. The summed E-state index contributed by atoms with van der Waals surface area (Å²) in [6.07, 6.45) is -0.461. The molecule has 0 heterocycles. The van der Waals surface area contributed by atoms with E-state index in [1.54, 1.807) is 90.1 Å². The number of rotatable bonds is 17. The lowest BCUT2D eigenvalue weighted by atomic mass is 10.0. The fourth-order valence-corrected chi connectivity index (χ4v) is 5.73. The van der Waals surface area contributed by atoms with E-state index < -0.39 is 83.6 Å². The average molecular weight is 870 g/mol. The van der Waals surface area contributed by atoms with E-state index in [0.717, 1.165) is 5.56 Å². The summed E-state index contributed by atoms with van der Waals surface area (Å²) in [5.74, 6) is 0.619. The quantitative estimate of drug-likeness (QED) is 0.0646. The van der Waals surface area contributed by atoms with Gasteiger partial charge in [0.15, 0.2) is 0 Å². The SMILES string of the molecule is CC(C)C[C@@H](NC(=O)OC(C)(C)C)C(=O)Oc1ccccc1C#CC(=O)N[C@@H](Cc1ccc(O)cc1)C(=O)N[C@H](C)C(=O)NCC(=O)N[C@@H](Cc1ccccc1)C(=O)OC(C)(C)C. The van der Waals surface area contributed by atoms with E-state index in [0.29, 0.717) is 5.56 Å². The number of alkyl carbamates (subject to hydrolysis) is 1. The van der Waals surface area contributed by atoms with Gasteiger partial charge in [-0.25, -0.2) is 14.4 Å². The molecule has 0 bridgehead atoms. The molecular weight excluding hydrogens is 811 g/mol. The molecule has 0 saturated heterocycles. The van der Waals surface area contributed by atoms with E-state index >= 15 is 0 Å². The van der Waals surface area contributed by atoms with Crippen molar-refractivity contribution in [2.24, 2.45) is 5.92 Å². The minimum absolute atomic E-state index is 0.00236. The molecule has 3 aromatic rings. The van der Waals surface area contributed by atoms with Gasteiger partial charge in [-0.2, -0.15) is 0 Å². The van der Waals surface area contributed by atoms with Crippen molar-refractivity contribution in [1.82, 2.24) is 26.6 Å². The van der Waals surface area contributed by atoms with Crippen LogP contribution in [-0.2, 0) is 51.1 Å². The lowest BCUT2D eigenvalue weighted by Gasteiger charge is -2.25. The Morgan fingerprint density at radius 2 is 1.22 bits per heavy atom. The van der Waals surface area contributed by atoms with Gasteiger partial charge in [-0.1, -0.05) is 74.4 Å². The molecule has 0 saturated carbocycles. The molecule has 63 heavy (non-hydrogen) atoms. The Kier molecular flexibility index (Phi) is 18.7. The van der Waals surface area contributed by atoms with Crippen LogP contribution >= 0.6 is 0 Å². The maximum Gasteiger partial charge on any atom is 0.408 e. The predicted molar refractivity (Wildman–Crippen MR) is 234 cm³/mol. The summed E-state index contributed by atoms with van der Waals surface area (Å²) in [7, 11) is 0. The maximum atomic E-state index is 13.6. The average Bonchev–Trinajstić information content (AvgIpc) is 3.18. The lowest BCUT2D eigenvalue weighted by molar-refractivity contribution is -0.158. The Morgan fingerprint density at radius 1 is 0.635 bits per heavy atom. The highest BCUT2D eigenvalue weighted by Gasteiger charge is 2.30. The Morgan fingerprint density at radius 3 is 1.84 bits per heavy atom. The number of hydrogen-bond acceptors (Lipinski definition) is 11. The second kappa shape index (κ2) is 23.4. The van der Waals surface area contributed by atoms with Crippen molar-refractivity contribution in [3.8, 4) is 23.3 Å². The van der Waals surface area contributed by atoms with Gasteiger partial charge in [0.1, 0.15) is 46.9 Å². The fourth-order valence-electron chi connectivity index (χ4n) is 5.73. The van der Waals surface area contributed by atoms with E-state index in [1.807, 2.05) is 19.9 Å². The van der Waals surface area contributed by atoms with E-state index in [9.17, 15) is 38.7 Å². The summed E-state index contributed by atoms with van der Waals surface area (Å²) in [6, 6.07) is 16.6. The number of phenols is 1. The van der Waals surface area contributed by atoms with Crippen molar-refractivity contribution < 1.29 is 52.9 Å². The molecule has 0 radical (unpaired) electrons. The molecule has 0 aromatic heterocycles. The first kappa shape index (κ1) is 50.5. The second-order valence-electron chi connectivity index (χ2n) is 17.2. The number of carbonyl (C=O) groups is 7. The Balaban J connectivity index is 1.71. The molecule has 338 valence electrons. The zero-order valence-corrected chi connectivity index (χ0v) is 37.3. The number of amides is 5. The highest BCUT2D eigenvalue weighted by atomic mass is 16.6. The molecule has 5 amide bonds. The topological polar surface area (TPSA) is 228 Å². The summed E-state index contributed by atoms with van der Waals surface area (Å²) < 4.78 is 16.5. The number of esters is 2. The minimum Gasteiger partial charge on any atom is -0.508 e. The summed E-state index contributed by atoms with van der Waals surface area (Å²) in [5, 5.41) is 22.5. The van der Waals surface area contributed by atoms with Crippen LogP contribution in [-0.4, -0.2) is 88.7 Å². The number of para-hydroxylation sites is 1. The van der Waals surface area contributed by atoms with Crippen LogP contribution in [0.1, 0.15) is 85.4 Å². The Bertz CT molecular complexity index is 2130. The van der Waals surface area contributed by atoms with Crippen molar-refractivity contribution in [3.63, 3.8) is 0 Å². The molecule has 0 unspecified atom stereocenters. The fraction of sp³-hybridized carbons (Fsp3) is 0.426. The first-order valence-electron chi connectivity index (χ1n) is 20.5. The highest BCUT2D eigenvalue weighted by molar-refractivity contribution is 5.99. The number of phenolic OH excluding ortho intramolecular Hbond substituents is 1. The van der Waals surface area contributed by atoms with Crippen LogP contribution in [0.3, 0.4) is 0 Å². The second-order valence-corrected chi connectivity index (χ2v) is 17.2.